The molecular weight excluding hydrogens is 341 g/mol. The van der Waals surface area contributed by atoms with E-state index in [4.69, 9.17) is 0 Å². The van der Waals surface area contributed by atoms with Crippen molar-refractivity contribution in [3.63, 3.8) is 0 Å². The van der Waals surface area contributed by atoms with Gasteiger partial charge in [0, 0.05) is 11.6 Å². The first-order chi connectivity index (χ1) is 8.78. The summed E-state index contributed by atoms with van der Waals surface area (Å²) in [5, 5.41) is 5.14. The van der Waals surface area contributed by atoms with E-state index in [-0.39, 0.29) is 0 Å². The van der Waals surface area contributed by atoms with Gasteiger partial charge in [0.25, 0.3) is 0 Å². The molecule has 3 aromatic rings. The van der Waals surface area contributed by atoms with E-state index in [1.165, 1.54) is 0 Å². The molecule has 2 aromatic heterocycles. The van der Waals surface area contributed by atoms with Crippen LogP contribution in [0.5, 0.6) is 0 Å². The summed E-state index contributed by atoms with van der Waals surface area (Å²) >= 11 is 2.17. The lowest BCUT2D eigenvalue weighted by Crippen LogP contribution is -2.03. The summed E-state index contributed by atoms with van der Waals surface area (Å²) in [7, 11) is 0. The van der Waals surface area contributed by atoms with Gasteiger partial charge in [0.2, 0.25) is 0 Å². The lowest BCUT2D eigenvalue weighted by atomic mass is 10.1. The number of halogens is 1. The van der Waals surface area contributed by atoms with Crippen molar-refractivity contribution >= 4 is 39.8 Å². The highest BCUT2D eigenvalue weighted by Gasteiger charge is 2.09. The summed E-state index contributed by atoms with van der Waals surface area (Å²) in [5.41, 5.74) is 1.39. The van der Waals surface area contributed by atoms with Crippen LogP contribution in [0.4, 0.5) is 0 Å². The van der Waals surface area contributed by atoms with E-state index in [1.54, 1.807) is 10.9 Å². The van der Waals surface area contributed by atoms with Crippen molar-refractivity contribution in [1.82, 2.24) is 14.8 Å². The molecule has 88 valence electrons. The number of rotatable bonds is 2. The number of benzene rings is 1. The first-order valence-corrected chi connectivity index (χ1v) is 6.41. The summed E-state index contributed by atoms with van der Waals surface area (Å²) in [4.78, 5) is 15.7. The van der Waals surface area contributed by atoms with Crippen molar-refractivity contribution in [2.24, 2.45) is 0 Å². The summed E-state index contributed by atoms with van der Waals surface area (Å²) < 4.78 is 2.62. The number of hydrogen-bond acceptors (Lipinski definition) is 3. The Hall–Kier alpha value is -1.76. The van der Waals surface area contributed by atoms with Crippen molar-refractivity contribution in [3.05, 3.63) is 51.9 Å². The molecule has 0 fully saturated rings. The Morgan fingerprint density at radius 2 is 2.11 bits per heavy atom. The van der Waals surface area contributed by atoms with Crippen LogP contribution in [-0.2, 0) is 0 Å². The number of pyridine rings is 1. The Kier molecular flexibility index (Phi) is 2.83. The third-order valence-electron chi connectivity index (χ3n) is 2.63. The maximum Gasteiger partial charge on any atom is 0.164 e. The molecule has 0 aliphatic heterocycles. The van der Waals surface area contributed by atoms with Gasteiger partial charge in [-0.05, 0) is 34.7 Å². The lowest BCUT2D eigenvalue weighted by Gasteiger charge is -2.06. The zero-order chi connectivity index (χ0) is 12.5. The van der Waals surface area contributed by atoms with Gasteiger partial charge in [-0.25, -0.2) is 9.67 Å². The van der Waals surface area contributed by atoms with Gasteiger partial charge in [0.05, 0.1) is 20.8 Å². The fourth-order valence-corrected chi connectivity index (χ4v) is 2.20. The van der Waals surface area contributed by atoms with E-state index in [9.17, 15) is 4.79 Å². The number of fused-ring (bicyclic) bond motifs is 1. The predicted molar refractivity (Wildman–Crippen MR) is 77.0 cm³/mol. The topological polar surface area (TPSA) is 47.8 Å². The van der Waals surface area contributed by atoms with Gasteiger partial charge >= 0.3 is 0 Å². The molecule has 0 aliphatic rings. The third-order valence-corrected chi connectivity index (χ3v) is 3.18. The van der Waals surface area contributed by atoms with Crippen molar-refractivity contribution < 1.29 is 4.79 Å². The molecule has 0 saturated heterocycles. The van der Waals surface area contributed by atoms with Gasteiger partial charge in [0.15, 0.2) is 12.1 Å². The third kappa shape index (κ3) is 1.90. The lowest BCUT2D eigenvalue weighted by molar-refractivity contribution is 0.112. The SMILES string of the molecule is O=Cc1cc2ccccc2nc1-n1cc(I)cn1. The van der Waals surface area contributed by atoms with Crippen molar-refractivity contribution in [2.45, 2.75) is 0 Å². The molecule has 18 heavy (non-hydrogen) atoms. The van der Waals surface area contributed by atoms with Crippen LogP contribution in [0.1, 0.15) is 10.4 Å². The second-order valence-electron chi connectivity index (χ2n) is 3.81. The molecule has 5 heteroatoms. The fourth-order valence-electron chi connectivity index (χ4n) is 1.81. The number of aromatic nitrogens is 3. The first-order valence-electron chi connectivity index (χ1n) is 5.33. The molecule has 0 aliphatic carbocycles. The number of hydrogen-bond donors (Lipinski definition) is 0. The Balaban J connectivity index is 2.30. The standard InChI is InChI=1S/C13H8IN3O/c14-11-6-15-17(7-11)13-10(8-18)5-9-3-1-2-4-12(9)16-13/h1-8H. The zero-order valence-corrected chi connectivity index (χ0v) is 11.4. The monoisotopic (exact) mass is 349 g/mol. The minimum Gasteiger partial charge on any atom is -0.298 e. The van der Waals surface area contributed by atoms with Gasteiger partial charge < -0.3 is 0 Å². The molecule has 0 saturated carbocycles. The van der Waals surface area contributed by atoms with Crippen molar-refractivity contribution in [3.8, 4) is 5.82 Å². The van der Waals surface area contributed by atoms with E-state index < -0.39 is 0 Å². The fraction of sp³-hybridized carbons (Fsp3) is 0. The average molecular weight is 349 g/mol. The smallest absolute Gasteiger partial charge is 0.164 e. The molecule has 2 heterocycles. The normalized spacial score (nSPS) is 10.7. The van der Waals surface area contributed by atoms with Crippen LogP contribution < -0.4 is 0 Å². The van der Waals surface area contributed by atoms with E-state index in [0.717, 1.165) is 20.8 Å². The largest absolute Gasteiger partial charge is 0.298 e. The second kappa shape index (κ2) is 4.49. The van der Waals surface area contributed by atoms with Crippen LogP contribution in [0.25, 0.3) is 16.7 Å². The highest BCUT2D eigenvalue weighted by Crippen LogP contribution is 2.18. The number of nitrogens with zero attached hydrogens (tertiary/aromatic N) is 3. The Labute approximate surface area is 117 Å². The molecule has 0 amide bonds. The molecule has 0 spiro atoms. The van der Waals surface area contributed by atoms with E-state index in [2.05, 4.69) is 32.7 Å². The summed E-state index contributed by atoms with van der Waals surface area (Å²) in [6.07, 6.45) is 4.37. The summed E-state index contributed by atoms with van der Waals surface area (Å²) in [6, 6.07) is 9.54. The quantitative estimate of drug-likeness (QED) is 0.528. The Bertz CT molecular complexity index is 736. The van der Waals surface area contributed by atoms with Crippen LogP contribution in [0.15, 0.2) is 42.7 Å². The number of aldehydes is 1. The average Bonchev–Trinajstić information content (AvgIpc) is 2.83. The van der Waals surface area contributed by atoms with Gasteiger partial charge in [-0.2, -0.15) is 5.10 Å². The second-order valence-corrected chi connectivity index (χ2v) is 5.06. The molecule has 0 radical (unpaired) electrons. The molecule has 0 N–H and O–H groups in total. The first kappa shape index (κ1) is 11.3. The molecule has 0 bridgehead atoms. The summed E-state index contributed by atoms with van der Waals surface area (Å²) in [6.45, 7) is 0. The molecular formula is C13H8IN3O. The maximum absolute atomic E-state index is 11.2. The van der Waals surface area contributed by atoms with Gasteiger partial charge in [-0.3, -0.25) is 4.79 Å². The van der Waals surface area contributed by atoms with Crippen molar-refractivity contribution in [2.75, 3.05) is 0 Å². The van der Waals surface area contributed by atoms with Gasteiger partial charge in [0.1, 0.15) is 0 Å². The van der Waals surface area contributed by atoms with E-state index in [0.29, 0.717) is 11.4 Å². The molecule has 0 unspecified atom stereocenters. The van der Waals surface area contributed by atoms with Crippen molar-refractivity contribution in [1.29, 1.82) is 0 Å². The summed E-state index contributed by atoms with van der Waals surface area (Å²) in [5.74, 6) is 0.562. The van der Waals surface area contributed by atoms with Crippen LogP contribution in [-0.4, -0.2) is 21.1 Å². The number of para-hydroxylation sites is 1. The van der Waals surface area contributed by atoms with E-state index in [1.807, 2.05) is 36.5 Å². The molecule has 0 atom stereocenters. The minimum absolute atomic E-state index is 0.535. The highest BCUT2D eigenvalue weighted by atomic mass is 127. The number of carbonyl (C=O) groups is 1. The zero-order valence-electron chi connectivity index (χ0n) is 9.25. The van der Waals surface area contributed by atoms with Crippen LogP contribution >= 0.6 is 22.6 Å². The number of carbonyl (C=O) groups excluding carboxylic acids is 1. The Morgan fingerprint density at radius 3 is 2.83 bits per heavy atom. The van der Waals surface area contributed by atoms with Crippen LogP contribution in [0.3, 0.4) is 0 Å². The van der Waals surface area contributed by atoms with Crippen LogP contribution in [0.2, 0.25) is 0 Å². The highest BCUT2D eigenvalue weighted by molar-refractivity contribution is 14.1. The van der Waals surface area contributed by atoms with Gasteiger partial charge in [-0.1, -0.05) is 18.2 Å². The van der Waals surface area contributed by atoms with Crippen LogP contribution in [0, 0.1) is 3.57 Å². The van der Waals surface area contributed by atoms with E-state index >= 15 is 0 Å². The predicted octanol–water partition coefficient (Wildman–Crippen LogP) is 2.84. The minimum atomic E-state index is 0.535. The molecule has 1 aromatic carbocycles. The van der Waals surface area contributed by atoms with Gasteiger partial charge in [-0.15, -0.1) is 0 Å². The molecule has 4 nitrogen and oxygen atoms in total. The Morgan fingerprint density at radius 1 is 1.28 bits per heavy atom. The molecule has 3 rings (SSSR count). The maximum atomic E-state index is 11.2.